The molecule has 112 valence electrons. The van der Waals surface area contributed by atoms with Crippen LogP contribution in [0.25, 0.3) is 0 Å². The van der Waals surface area contributed by atoms with Crippen molar-refractivity contribution in [3.8, 4) is 0 Å². The molecule has 0 amide bonds. The van der Waals surface area contributed by atoms with Gasteiger partial charge in [0.1, 0.15) is 0 Å². The van der Waals surface area contributed by atoms with E-state index in [0.29, 0.717) is 13.1 Å². The van der Waals surface area contributed by atoms with Gasteiger partial charge in [-0.2, -0.15) is 0 Å². The van der Waals surface area contributed by atoms with Crippen LogP contribution < -0.4 is 5.32 Å². The normalized spacial score (nSPS) is 29.9. The molecule has 2 saturated heterocycles. The molecule has 0 radical (unpaired) electrons. The summed E-state index contributed by atoms with van der Waals surface area (Å²) in [5.41, 5.74) is 0.285. The molecule has 0 aliphatic carbocycles. The van der Waals surface area contributed by atoms with Crippen molar-refractivity contribution < 1.29 is 8.42 Å². The van der Waals surface area contributed by atoms with Crippen LogP contribution in [0.15, 0.2) is 0 Å². The second-order valence-corrected chi connectivity index (χ2v) is 8.86. The average Bonchev–Trinajstić information content (AvgIpc) is 2.51. The van der Waals surface area contributed by atoms with Gasteiger partial charge >= 0.3 is 0 Å². The Morgan fingerprint density at radius 2 is 1.95 bits per heavy atom. The summed E-state index contributed by atoms with van der Waals surface area (Å²) in [4.78, 5) is 0. The minimum Gasteiger partial charge on any atom is -0.313 e. The lowest BCUT2D eigenvalue weighted by atomic mass is 9.85. The number of piperidine rings is 1. The summed E-state index contributed by atoms with van der Waals surface area (Å²) in [5.74, 6) is 0.285. The Morgan fingerprint density at radius 3 is 2.63 bits per heavy atom. The zero-order chi connectivity index (χ0) is 13.9. The van der Waals surface area contributed by atoms with E-state index in [1.807, 2.05) is 0 Å². The monoisotopic (exact) mass is 288 g/mol. The number of sulfonamides is 1. The summed E-state index contributed by atoms with van der Waals surface area (Å²) in [7, 11) is -3.09. The lowest BCUT2D eigenvalue weighted by Gasteiger charge is -2.27. The second-order valence-electron chi connectivity index (χ2n) is 6.84. The lowest BCUT2D eigenvalue weighted by molar-refractivity contribution is 0.314. The summed E-state index contributed by atoms with van der Waals surface area (Å²) in [5, 5.41) is 3.34. The van der Waals surface area contributed by atoms with Crippen molar-refractivity contribution >= 4 is 10.0 Å². The van der Waals surface area contributed by atoms with Gasteiger partial charge < -0.3 is 5.32 Å². The van der Waals surface area contributed by atoms with Gasteiger partial charge in [-0.25, -0.2) is 12.7 Å². The Morgan fingerprint density at radius 1 is 1.16 bits per heavy atom. The maximum atomic E-state index is 12.5. The molecule has 1 unspecified atom stereocenters. The van der Waals surface area contributed by atoms with Crippen molar-refractivity contribution in [1.82, 2.24) is 9.62 Å². The van der Waals surface area contributed by atoms with Crippen LogP contribution in [0, 0.1) is 5.41 Å². The number of nitrogens with one attached hydrogen (secondary N) is 1. The van der Waals surface area contributed by atoms with Gasteiger partial charge in [0.2, 0.25) is 10.0 Å². The molecule has 2 aliphatic rings. The van der Waals surface area contributed by atoms with Gasteiger partial charge in [0, 0.05) is 19.1 Å². The van der Waals surface area contributed by atoms with Gasteiger partial charge in [-0.15, -0.1) is 0 Å². The Kier molecular flexibility index (Phi) is 4.90. The Bertz CT molecular complexity index is 386. The fourth-order valence-electron chi connectivity index (χ4n) is 3.10. The summed E-state index contributed by atoms with van der Waals surface area (Å²) >= 11 is 0. The van der Waals surface area contributed by atoms with Crippen molar-refractivity contribution in [2.75, 3.05) is 25.4 Å². The molecule has 2 heterocycles. The van der Waals surface area contributed by atoms with Crippen LogP contribution in [0.5, 0.6) is 0 Å². The first-order chi connectivity index (χ1) is 8.89. The predicted octanol–water partition coefficient (Wildman–Crippen LogP) is 1.97. The van der Waals surface area contributed by atoms with Crippen LogP contribution in [0.2, 0.25) is 0 Å². The molecule has 1 N–H and O–H groups in total. The molecule has 2 aliphatic heterocycles. The van der Waals surface area contributed by atoms with Gasteiger partial charge in [-0.05, 0) is 44.1 Å². The van der Waals surface area contributed by atoms with Crippen LogP contribution >= 0.6 is 0 Å². The molecular formula is C14H28N2O2S. The zero-order valence-electron chi connectivity index (χ0n) is 12.3. The maximum absolute atomic E-state index is 12.5. The fourth-order valence-corrected chi connectivity index (χ4v) is 4.88. The quantitative estimate of drug-likeness (QED) is 0.864. The van der Waals surface area contributed by atoms with Crippen molar-refractivity contribution in [3.63, 3.8) is 0 Å². The van der Waals surface area contributed by atoms with Crippen LogP contribution in [-0.2, 0) is 10.0 Å². The van der Waals surface area contributed by atoms with Crippen LogP contribution in [0.4, 0.5) is 0 Å². The van der Waals surface area contributed by atoms with E-state index >= 15 is 0 Å². The molecule has 2 fully saturated rings. The van der Waals surface area contributed by atoms with E-state index < -0.39 is 10.0 Å². The highest BCUT2D eigenvalue weighted by Gasteiger charge is 2.31. The number of hydrogen-bond donors (Lipinski definition) is 1. The molecule has 2 rings (SSSR count). The third-order valence-corrected chi connectivity index (χ3v) is 6.49. The fraction of sp³-hybridized carbons (Fsp3) is 1.00. The summed E-state index contributed by atoms with van der Waals surface area (Å²) in [6, 6.07) is 0.162. The SMILES string of the molecule is CC1(C)CCCN(S(=O)(=O)CC2CCCCN2)CC1. The van der Waals surface area contributed by atoms with Crippen LogP contribution in [0.3, 0.4) is 0 Å². The molecule has 0 saturated carbocycles. The van der Waals surface area contributed by atoms with Gasteiger partial charge in [0.15, 0.2) is 0 Å². The average molecular weight is 288 g/mol. The second kappa shape index (κ2) is 6.10. The minimum atomic E-state index is -3.09. The predicted molar refractivity (Wildman–Crippen MR) is 78.6 cm³/mol. The van der Waals surface area contributed by atoms with E-state index in [1.165, 1.54) is 6.42 Å². The standard InChI is InChI=1S/C14H28N2O2S/c1-14(2)7-5-10-16(11-8-14)19(17,18)12-13-6-3-4-9-15-13/h13,15H,3-12H2,1-2H3. The van der Waals surface area contributed by atoms with Gasteiger partial charge in [-0.3, -0.25) is 0 Å². The highest BCUT2D eigenvalue weighted by Crippen LogP contribution is 2.30. The van der Waals surface area contributed by atoms with Crippen molar-refractivity contribution in [1.29, 1.82) is 0 Å². The van der Waals surface area contributed by atoms with E-state index in [-0.39, 0.29) is 17.2 Å². The Balaban J connectivity index is 1.94. The Hall–Kier alpha value is -0.130. The molecule has 0 aromatic rings. The maximum Gasteiger partial charge on any atom is 0.215 e. The number of rotatable bonds is 3. The smallest absolute Gasteiger partial charge is 0.215 e. The first-order valence-corrected chi connectivity index (χ1v) is 9.21. The molecule has 5 heteroatoms. The third-order valence-electron chi connectivity index (χ3n) is 4.52. The van der Waals surface area contributed by atoms with E-state index in [4.69, 9.17) is 0 Å². The highest BCUT2D eigenvalue weighted by molar-refractivity contribution is 7.89. The summed E-state index contributed by atoms with van der Waals surface area (Å²) < 4.78 is 26.7. The van der Waals surface area contributed by atoms with Gasteiger partial charge in [-0.1, -0.05) is 20.3 Å². The van der Waals surface area contributed by atoms with Crippen LogP contribution in [-0.4, -0.2) is 44.2 Å². The molecule has 1 atom stereocenters. The molecule has 0 aromatic heterocycles. The van der Waals surface area contributed by atoms with Crippen molar-refractivity contribution in [3.05, 3.63) is 0 Å². The molecular weight excluding hydrogens is 260 g/mol. The zero-order valence-corrected chi connectivity index (χ0v) is 13.1. The molecule has 19 heavy (non-hydrogen) atoms. The topological polar surface area (TPSA) is 49.4 Å². The Labute approximate surface area is 118 Å². The number of nitrogens with zero attached hydrogens (tertiary/aromatic N) is 1. The van der Waals surface area contributed by atoms with Gasteiger partial charge in [0.25, 0.3) is 0 Å². The molecule has 0 spiro atoms. The van der Waals surface area contributed by atoms with Crippen molar-refractivity contribution in [2.45, 2.75) is 58.4 Å². The first kappa shape index (κ1) is 15.3. The summed E-state index contributed by atoms with van der Waals surface area (Å²) in [6.45, 7) is 6.85. The van der Waals surface area contributed by atoms with Crippen LogP contribution in [0.1, 0.15) is 52.4 Å². The van der Waals surface area contributed by atoms with Crippen molar-refractivity contribution in [2.24, 2.45) is 5.41 Å². The number of hydrogen-bond acceptors (Lipinski definition) is 3. The largest absolute Gasteiger partial charge is 0.313 e. The molecule has 0 aromatic carbocycles. The summed E-state index contributed by atoms with van der Waals surface area (Å²) in [6.07, 6.45) is 6.42. The third kappa shape index (κ3) is 4.43. The van der Waals surface area contributed by atoms with E-state index in [9.17, 15) is 8.42 Å². The lowest BCUT2D eigenvalue weighted by Crippen LogP contribution is -2.44. The van der Waals surface area contributed by atoms with Gasteiger partial charge in [0.05, 0.1) is 5.75 Å². The van der Waals surface area contributed by atoms with E-state index in [0.717, 1.165) is 38.6 Å². The highest BCUT2D eigenvalue weighted by atomic mass is 32.2. The first-order valence-electron chi connectivity index (χ1n) is 7.60. The van der Waals surface area contributed by atoms with E-state index in [1.54, 1.807) is 4.31 Å². The van der Waals surface area contributed by atoms with E-state index in [2.05, 4.69) is 19.2 Å². The molecule has 0 bridgehead atoms. The molecule has 4 nitrogen and oxygen atoms in total. The minimum absolute atomic E-state index is 0.162.